The maximum absolute atomic E-state index is 12.1. The van der Waals surface area contributed by atoms with Crippen molar-refractivity contribution < 1.29 is 14.4 Å². The van der Waals surface area contributed by atoms with Crippen LogP contribution in [-0.2, 0) is 14.4 Å². The Balaban J connectivity index is 1.86. The van der Waals surface area contributed by atoms with Gasteiger partial charge in [0.25, 0.3) is 0 Å². The molecule has 0 saturated carbocycles. The van der Waals surface area contributed by atoms with Gasteiger partial charge >= 0.3 is 0 Å². The van der Waals surface area contributed by atoms with E-state index in [1.54, 1.807) is 4.90 Å². The van der Waals surface area contributed by atoms with E-state index < -0.39 is 0 Å². The van der Waals surface area contributed by atoms with Gasteiger partial charge in [-0.3, -0.25) is 19.3 Å². The monoisotopic (exact) mass is 268 g/mol. The smallest absolute Gasteiger partial charge is 0.239 e. The molecule has 3 N–H and O–H groups in total. The van der Waals surface area contributed by atoms with Gasteiger partial charge < -0.3 is 16.0 Å². The van der Waals surface area contributed by atoms with Gasteiger partial charge in [-0.05, 0) is 5.92 Å². The number of primary amides is 1. The molecule has 3 amide bonds. The summed E-state index contributed by atoms with van der Waals surface area (Å²) >= 11 is 0. The third-order valence-corrected chi connectivity index (χ3v) is 3.80. The summed E-state index contributed by atoms with van der Waals surface area (Å²) in [6, 6.07) is 0. The van der Waals surface area contributed by atoms with Crippen LogP contribution in [0.1, 0.15) is 6.92 Å². The molecule has 0 aromatic heterocycles. The fourth-order valence-corrected chi connectivity index (χ4v) is 2.71. The molecular weight excluding hydrogens is 248 g/mol. The predicted molar refractivity (Wildman–Crippen MR) is 67.9 cm³/mol. The Morgan fingerprint density at radius 1 is 1.42 bits per heavy atom. The van der Waals surface area contributed by atoms with E-state index in [1.165, 1.54) is 0 Å². The molecular formula is C12H20N4O3. The second kappa shape index (κ2) is 5.56. The highest BCUT2D eigenvalue weighted by molar-refractivity contribution is 5.86. The molecule has 2 atom stereocenters. The number of likely N-dealkylation sites (tertiary alicyclic amines) is 1. The highest BCUT2D eigenvalue weighted by Gasteiger charge is 2.35. The molecule has 2 saturated heterocycles. The summed E-state index contributed by atoms with van der Waals surface area (Å²) in [5.74, 6) is -0.496. The molecule has 2 fully saturated rings. The van der Waals surface area contributed by atoms with E-state index in [2.05, 4.69) is 5.32 Å². The molecule has 0 bridgehead atoms. The first-order chi connectivity index (χ1) is 8.97. The average Bonchev–Trinajstić information content (AvgIpc) is 2.70. The highest BCUT2D eigenvalue weighted by atomic mass is 16.2. The van der Waals surface area contributed by atoms with E-state index in [4.69, 9.17) is 5.73 Å². The molecule has 7 heteroatoms. The van der Waals surface area contributed by atoms with Crippen LogP contribution in [0, 0.1) is 11.8 Å². The van der Waals surface area contributed by atoms with Crippen molar-refractivity contribution in [2.75, 3.05) is 39.3 Å². The molecule has 0 radical (unpaired) electrons. The number of amides is 3. The van der Waals surface area contributed by atoms with Gasteiger partial charge in [0.05, 0.1) is 19.0 Å². The summed E-state index contributed by atoms with van der Waals surface area (Å²) in [5.41, 5.74) is 5.33. The lowest BCUT2D eigenvalue weighted by Gasteiger charge is -2.28. The summed E-state index contributed by atoms with van der Waals surface area (Å²) in [7, 11) is 0. The van der Waals surface area contributed by atoms with E-state index in [0.29, 0.717) is 26.2 Å². The minimum absolute atomic E-state index is 0.0628. The minimum Gasteiger partial charge on any atom is -0.369 e. The van der Waals surface area contributed by atoms with Crippen molar-refractivity contribution in [3.05, 3.63) is 0 Å². The molecule has 106 valence electrons. The normalized spacial score (nSPS) is 28.3. The molecule has 0 aliphatic carbocycles. The number of hydrogen-bond donors (Lipinski definition) is 2. The quantitative estimate of drug-likeness (QED) is 0.618. The van der Waals surface area contributed by atoms with Crippen LogP contribution in [0.4, 0.5) is 0 Å². The average molecular weight is 268 g/mol. The molecule has 7 nitrogen and oxygen atoms in total. The van der Waals surface area contributed by atoms with Crippen LogP contribution in [0.5, 0.6) is 0 Å². The van der Waals surface area contributed by atoms with Crippen LogP contribution < -0.4 is 11.1 Å². The van der Waals surface area contributed by atoms with Crippen LogP contribution in [0.2, 0.25) is 0 Å². The van der Waals surface area contributed by atoms with Crippen molar-refractivity contribution in [2.45, 2.75) is 6.92 Å². The van der Waals surface area contributed by atoms with E-state index in [1.807, 2.05) is 11.8 Å². The lowest BCUT2D eigenvalue weighted by Crippen LogP contribution is -2.52. The maximum Gasteiger partial charge on any atom is 0.239 e. The van der Waals surface area contributed by atoms with Gasteiger partial charge in [-0.1, -0.05) is 6.92 Å². The summed E-state index contributed by atoms with van der Waals surface area (Å²) in [5, 5.41) is 2.68. The van der Waals surface area contributed by atoms with Crippen molar-refractivity contribution in [1.82, 2.24) is 15.1 Å². The third-order valence-electron chi connectivity index (χ3n) is 3.80. The molecule has 0 aromatic rings. The van der Waals surface area contributed by atoms with E-state index in [9.17, 15) is 14.4 Å². The largest absolute Gasteiger partial charge is 0.369 e. The van der Waals surface area contributed by atoms with Crippen LogP contribution in [0.15, 0.2) is 0 Å². The van der Waals surface area contributed by atoms with Crippen molar-refractivity contribution >= 4 is 17.7 Å². The molecule has 0 spiro atoms. The van der Waals surface area contributed by atoms with Crippen molar-refractivity contribution in [2.24, 2.45) is 17.6 Å². The number of nitrogens with zero attached hydrogens (tertiary/aromatic N) is 2. The van der Waals surface area contributed by atoms with Crippen LogP contribution >= 0.6 is 0 Å². The number of hydrogen-bond acceptors (Lipinski definition) is 4. The number of rotatable bonds is 3. The van der Waals surface area contributed by atoms with Gasteiger partial charge in [0.1, 0.15) is 0 Å². The fraction of sp³-hybridized carbons (Fsp3) is 0.750. The molecule has 2 heterocycles. The highest BCUT2D eigenvalue weighted by Crippen LogP contribution is 2.22. The second-order valence-electron chi connectivity index (χ2n) is 5.35. The Hall–Kier alpha value is -1.63. The Morgan fingerprint density at radius 3 is 2.74 bits per heavy atom. The molecule has 2 aliphatic heterocycles. The Bertz CT molecular complexity index is 398. The first kappa shape index (κ1) is 13.8. The number of nitrogens with one attached hydrogen (secondary N) is 1. The van der Waals surface area contributed by atoms with Gasteiger partial charge in [0, 0.05) is 26.2 Å². The summed E-state index contributed by atoms with van der Waals surface area (Å²) in [6.45, 7) is 4.62. The molecule has 19 heavy (non-hydrogen) atoms. The standard InChI is InChI=1S/C12H20N4O3/c1-8-4-15(5-9(8)12(13)19)7-11(18)16-3-2-14-10(17)6-16/h8-9H,2-7H2,1H3,(H2,13,19)(H,14,17)/t8-,9-/m1/s1. The van der Waals surface area contributed by atoms with Crippen LogP contribution in [-0.4, -0.2) is 66.8 Å². The number of nitrogens with two attached hydrogens (primary N) is 1. The lowest BCUT2D eigenvalue weighted by molar-refractivity contribution is -0.139. The van der Waals surface area contributed by atoms with Gasteiger partial charge in [-0.2, -0.15) is 0 Å². The molecule has 2 aliphatic rings. The Morgan fingerprint density at radius 2 is 2.16 bits per heavy atom. The molecule has 0 unspecified atom stereocenters. The van der Waals surface area contributed by atoms with Crippen molar-refractivity contribution in [3.63, 3.8) is 0 Å². The SMILES string of the molecule is C[C@@H]1CN(CC(=O)N2CCNC(=O)C2)C[C@H]1C(N)=O. The Labute approximate surface area is 112 Å². The van der Waals surface area contributed by atoms with Gasteiger partial charge in [0.2, 0.25) is 17.7 Å². The zero-order valence-corrected chi connectivity index (χ0v) is 11.1. The first-order valence-corrected chi connectivity index (χ1v) is 6.53. The maximum atomic E-state index is 12.1. The zero-order chi connectivity index (χ0) is 14.0. The summed E-state index contributed by atoms with van der Waals surface area (Å²) in [6.07, 6.45) is 0. The van der Waals surface area contributed by atoms with E-state index >= 15 is 0 Å². The topological polar surface area (TPSA) is 95.7 Å². The minimum atomic E-state index is -0.306. The number of carbonyl (C=O) groups is 3. The van der Waals surface area contributed by atoms with E-state index in [0.717, 1.165) is 0 Å². The third kappa shape index (κ3) is 3.23. The fourth-order valence-electron chi connectivity index (χ4n) is 2.71. The zero-order valence-electron chi connectivity index (χ0n) is 11.1. The predicted octanol–water partition coefficient (Wildman–Crippen LogP) is -2.00. The summed E-state index contributed by atoms with van der Waals surface area (Å²) < 4.78 is 0. The lowest BCUT2D eigenvalue weighted by atomic mass is 9.98. The number of piperazine rings is 1. The van der Waals surface area contributed by atoms with Gasteiger partial charge in [0.15, 0.2) is 0 Å². The van der Waals surface area contributed by atoms with E-state index in [-0.39, 0.29) is 42.6 Å². The molecule has 0 aromatic carbocycles. The van der Waals surface area contributed by atoms with Crippen LogP contribution in [0.3, 0.4) is 0 Å². The summed E-state index contributed by atoms with van der Waals surface area (Å²) in [4.78, 5) is 38.0. The Kier molecular flexibility index (Phi) is 4.04. The van der Waals surface area contributed by atoms with Crippen LogP contribution in [0.25, 0.3) is 0 Å². The van der Waals surface area contributed by atoms with Crippen molar-refractivity contribution in [3.8, 4) is 0 Å². The van der Waals surface area contributed by atoms with Gasteiger partial charge in [-0.15, -0.1) is 0 Å². The first-order valence-electron chi connectivity index (χ1n) is 6.53. The molecule has 2 rings (SSSR count). The second-order valence-corrected chi connectivity index (χ2v) is 5.35. The van der Waals surface area contributed by atoms with Crippen molar-refractivity contribution in [1.29, 1.82) is 0 Å². The van der Waals surface area contributed by atoms with Gasteiger partial charge in [-0.25, -0.2) is 0 Å². The number of carbonyl (C=O) groups excluding carboxylic acids is 3.